The third-order valence-electron chi connectivity index (χ3n) is 5.83. The van der Waals surface area contributed by atoms with Gasteiger partial charge in [0.25, 0.3) is 0 Å². The van der Waals surface area contributed by atoms with Crippen molar-refractivity contribution in [3.63, 3.8) is 0 Å². The zero-order valence-electron chi connectivity index (χ0n) is 16.1. The first-order chi connectivity index (χ1) is 11.5. The summed E-state index contributed by atoms with van der Waals surface area (Å²) < 4.78 is 0. The summed E-state index contributed by atoms with van der Waals surface area (Å²) in [6, 6.07) is 0.283. The second kappa shape index (κ2) is 9.64. The van der Waals surface area contributed by atoms with Crippen molar-refractivity contribution in [3.8, 4) is 0 Å². The van der Waals surface area contributed by atoms with Crippen LogP contribution in [0.25, 0.3) is 0 Å². The van der Waals surface area contributed by atoms with Crippen LogP contribution in [0.1, 0.15) is 52.9 Å². The Morgan fingerprint density at radius 2 is 1.58 bits per heavy atom. The molecular formula is C19H39N5. The first-order valence-electron chi connectivity index (χ1n) is 9.91. The van der Waals surface area contributed by atoms with E-state index in [0.717, 1.165) is 37.2 Å². The van der Waals surface area contributed by atoms with Gasteiger partial charge in [0.15, 0.2) is 0 Å². The van der Waals surface area contributed by atoms with Crippen LogP contribution in [0.15, 0.2) is 11.9 Å². The summed E-state index contributed by atoms with van der Waals surface area (Å²) in [6.45, 7) is 13.6. The van der Waals surface area contributed by atoms with Gasteiger partial charge in [-0.2, -0.15) is 0 Å². The van der Waals surface area contributed by atoms with E-state index < -0.39 is 0 Å². The van der Waals surface area contributed by atoms with Crippen molar-refractivity contribution >= 4 is 0 Å². The summed E-state index contributed by atoms with van der Waals surface area (Å²) >= 11 is 0. The molecule has 0 amide bonds. The van der Waals surface area contributed by atoms with Crippen LogP contribution < -0.4 is 11.6 Å². The number of piperidine rings is 2. The van der Waals surface area contributed by atoms with Crippen molar-refractivity contribution in [2.45, 2.75) is 58.9 Å². The Labute approximate surface area is 149 Å². The minimum atomic E-state index is 0.283. The van der Waals surface area contributed by atoms with Crippen LogP contribution in [0.4, 0.5) is 0 Å². The molecule has 24 heavy (non-hydrogen) atoms. The van der Waals surface area contributed by atoms with E-state index in [-0.39, 0.29) is 6.04 Å². The minimum absolute atomic E-state index is 0.283. The monoisotopic (exact) mass is 337 g/mol. The van der Waals surface area contributed by atoms with E-state index in [4.69, 9.17) is 11.6 Å². The molecule has 0 atom stereocenters. The molecule has 0 aliphatic carbocycles. The Bertz CT molecular complexity index is 379. The van der Waals surface area contributed by atoms with E-state index in [9.17, 15) is 0 Å². The summed E-state index contributed by atoms with van der Waals surface area (Å²) in [5.41, 5.74) is 7.01. The first kappa shape index (κ1) is 19.5. The highest BCUT2D eigenvalue weighted by Gasteiger charge is 2.24. The van der Waals surface area contributed by atoms with Crippen LogP contribution in [-0.4, -0.2) is 60.1 Å². The molecule has 2 saturated heterocycles. The summed E-state index contributed by atoms with van der Waals surface area (Å²) in [7, 11) is 0. The average Bonchev–Trinajstić information content (AvgIpc) is 2.57. The highest BCUT2D eigenvalue weighted by atomic mass is 15.4. The Hall–Kier alpha value is -0.780. The van der Waals surface area contributed by atoms with E-state index in [1.807, 2.05) is 6.20 Å². The van der Waals surface area contributed by atoms with Gasteiger partial charge >= 0.3 is 0 Å². The fourth-order valence-corrected chi connectivity index (χ4v) is 3.91. The number of hydrogen-bond acceptors (Lipinski definition) is 5. The fourth-order valence-electron chi connectivity index (χ4n) is 3.91. The molecule has 0 aromatic carbocycles. The average molecular weight is 338 g/mol. The van der Waals surface area contributed by atoms with Crippen LogP contribution in [0.5, 0.6) is 0 Å². The van der Waals surface area contributed by atoms with Gasteiger partial charge in [0.2, 0.25) is 0 Å². The molecule has 2 rings (SSSR count). The molecule has 2 aliphatic heterocycles. The summed E-state index contributed by atoms with van der Waals surface area (Å²) in [4.78, 5) is 5.18. The third-order valence-corrected chi connectivity index (χ3v) is 5.83. The van der Waals surface area contributed by atoms with Gasteiger partial charge in [0.1, 0.15) is 0 Å². The molecule has 0 bridgehead atoms. The summed E-state index contributed by atoms with van der Waals surface area (Å²) in [5.74, 6) is 7.77. The number of hydrazine groups is 1. The van der Waals surface area contributed by atoms with Crippen molar-refractivity contribution in [2.75, 3.05) is 39.3 Å². The minimum Gasteiger partial charge on any atom is -0.400 e. The molecule has 140 valence electrons. The van der Waals surface area contributed by atoms with E-state index in [0.29, 0.717) is 0 Å². The molecule has 5 nitrogen and oxygen atoms in total. The summed E-state index contributed by atoms with van der Waals surface area (Å²) in [6.07, 6.45) is 8.66. The molecule has 4 N–H and O–H groups in total. The largest absolute Gasteiger partial charge is 0.400 e. The highest BCUT2D eigenvalue weighted by molar-refractivity contribution is 4.99. The Morgan fingerprint density at radius 3 is 2.12 bits per heavy atom. The number of hydrogen-bond donors (Lipinski definition) is 2. The lowest BCUT2D eigenvalue weighted by molar-refractivity contribution is 0.120. The smallest absolute Gasteiger partial charge is 0.0400 e. The number of nitrogens with two attached hydrogens (primary N) is 2. The molecule has 0 unspecified atom stereocenters. The molecule has 2 aliphatic rings. The van der Waals surface area contributed by atoms with Crippen LogP contribution in [0.2, 0.25) is 0 Å². The summed E-state index contributed by atoms with van der Waals surface area (Å²) in [5, 5.41) is 1.70. The van der Waals surface area contributed by atoms with Gasteiger partial charge in [0, 0.05) is 31.0 Å². The topological polar surface area (TPSA) is 61.8 Å². The molecule has 0 radical (unpaired) electrons. The number of nitrogens with zero attached hydrogens (tertiary/aromatic N) is 3. The SMILES string of the molecule is CCC1CCN(CC2CCN(C/C(N)=C/N(N)C(C)C)CC2)CC1. The molecule has 0 spiro atoms. The van der Waals surface area contributed by atoms with Gasteiger partial charge in [-0.15, -0.1) is 0 Å². The normalized spacial score (nSPS) is 23.1. The predicted molar refractivity (Wildman–Crippen MR) is 102 cm³/mol. The predicted octanol–water partition coefficient (Wildman–Crippen LogP) is 2.20. The van der Waals surface area contributed by atoms with Crippen molar-refractivity contribution in [3.05, 3.63) is 11.9 Å². The van der Waals surface area contributed by atoms with E-state index in [2.05, 4.69) is 30.6 Å². The zero-order valence-corrected chi connectivity index (χ0v) is 16.1. The lowest BCUT2D eigenvalue weighted by Crippen LogP contribution is -2.42. The van der Waals surface area contributed by atoms with Gasteiger partial charge < -0.3 is 15.6 Å². The molecule has 0 aromatic heterocycles. The molecule has 2 fully saturated rings. The van der Waals surface area contributed by atoms with Crippen LogP contribution >= 0.6 is 0 Å². The van der Waals surface area contributed by atoms with Gasteiger partial charge in [-0.05, 0) is 77.5 Å². The van der Waals surface area contributed by atoms with Crippen molar-refractivity contribution < 1.29 is 0 Å². The van der Waals surface area contributed by atoms with E-state index >= 15 is 0 Å². The lowest BCUT2D eigenvalue weighted by atomic mass is 9.91. The Kier molecular flexibility index (Phi) is 7.85. The van der Waals surface area contributed by atoms with Crippen LogP contribution in [0.3, 0.4) is 0 Å². The van der Waals surface area contributed by atoms with Crippen molar-refractivity contribution in [1.82, 2.24) is 14.8 Å². The number of likely N-dealkylation sites (tertiary alicyclic amines) is 2. The first-order valence-corrected chi connectivity index (χ1v) is 9.91. The maximum absolute atomic E-state index is 6.14. The Morgan fingerprint density at radius 1 is 1.04 bits per heavy atom. The van der Waals surface area contributed by atoms with Gasteiger partial charge in [-0.1, -0.05) is 13.3 Å². The second-order valence-corrected chi connectivity index (χ2v) is 8.12. The van der Waals surface area contributed by atoms with Crippen molar-refractivity contribution in [1.29, 1.82) is 0 Å². The molecule has 2 heterocycles. The maximum Gasteiger partial charge on any atom is 0.0400 e. The third kappa shape index (κ3) is 6.26. The molecular weight excluding hydrogens is 298 g/mol. The van der Waals surface area contributed by atoms with Crippen molar-refractivity contribution in [2.24, 2.45) is 23.4 Å². The zero-order chi connectivity index (χ0) is 17.5. The van der Waals surface area contributed by atoms with E-state index in [1.54, 1.807) is 5.01 Å². The highest BCUT2D eigenvalue weighted by Crippen LogP contribution is 2.24. The van der Waals surface area contributed by atoms with Gasteiger partial charge in [-0.3, -0.25) is 4.90 Å². The molecule has 5 heteroatoms. The fraction of sp³-hybridized carbons (Fsp3) is 0.895. The van der Waals surface area contributed by atoms with Crippen LogP contribution in [-0.2, 0) is 0 Å². The lowest BCUT2D eigenvalue weighted by Gasteiger charge is -2.37. The van der Waals surface area contributed by atoms with Gasteiger partial charge in [-0.25, -0.2) is 5.84 Å². The second-order valence-electron chi connectivity index (χ2n) is 8.12. The maximum atomic E-state index is 6.14. The molecule has 0 saturated carbocycles. The Balaban J connectivity index is 1.66. The standard InChI is InChI=1S/C19H39N5/c1-4-17-5-9-22(10-6-17)13-18-7-11-23(12-8-18)14-19(20)15-24(21)16(2)3/h15-18H,4-14,20-21H2,1-3H3/b19-15-. The molecule has 0 aromatic rings. The van der Waals surface area contributed by atoms with Gasteiger partial charge in [0.05, 0.1) is 0 Å². The van der Waals surface area contributed by atoms with E-state index in [1.165, 1.54) is 51.7 Å². The quantitative estimate of drug-likeness (QED) is 0.551. The van der Waals surface area contributed by atoms with Crippen LogP contribution in [0, 0.1) is 11.8 Å². The number of rotatable bonds is 7.